The van der Waals surface area contributed by atoms with Crippen molar-refractivity contribution in [1.29, 1.82) is 0 Å². The largest absolute Gasteiger partial charge is 0.316 e. The van der Waals surface area contributed by atoms with Gasteiger partial charge in [-0.2, -0.15) is 0 Å². The third-order valence-corrected chi connectivity index (χ3v) is 9.79. The SMILES string of the molecule is CS/C1=C(\c2ccccc2)N(C)C(=O)C(=O)N(C)/C(c2ccccc2)=C(/SC)SS1. The van der Waals surface area contributed by atoms with Crippen molar-refractivity contribution in [2.45, 2.75) is 0 Å². The summed E-state index contributed by atoms with van der Waals surface area (Å²) in [7, 11) is 6.56. The van der Waals surface area contributed by atoms with Gasteiger partial charge in [0.15, 0.2) is 0 Å². The fraction of sp³-hybridized carbons (Fsp3) is 0.182. The molecule has 30 heavy (non-hydrogen) atoms. The van der Waals surface area contributed by atoms with Gasteiger partial charge in [0.05, 0.1) is 19.9 Å². The van der Waals surface area contributed by atoms with E-state index in [9.17, 15) is 9.59 Å². The summed E-state index contributed by atoms with van der Waals surface area (Å²) in [6.07, 6.45) is 3.98. The number of nitrogens with zero attached hydrogens (tertiary/aromatic N) is 2. The molecule has 0 bridgehead atoms. The van der Waals surface area contributed by atoms with E-state index in [0.29, 0.717) is 0 Å². The van der Waals surface area contributed by atoms with Gasteiger partial charge in [0.25, 0.3) is 0 Å². The maximum atomic E-state index is 13.2. The molecule has 2 aromatic carbocycles. The van der Waals surface area contributed by atoms with Crippen molar-refractivity contribution in [1.82, 2.24) is 9.80 Å². The lowest BCUT2D eigenvalue weighted by Crippen LogP contribution is -2.41. The summed E-state index contributed by atoms with van der Waals surface area (Å²) in [4.78, 5) is 29.4. The van der Waals surface area contributed by atoms with Gasteiger partial charge in [-0.1, -0.05) is 60.7 Å². The highest BCUT2D eigenvalue weighted by Gasteiger charge is 2.32. The van der Waals surface area contributed by atoms with Gasteiger partial charge in [-0.05, 0) is 45.2 Å². The van der Waals surface area contributed by atoms with Gasteiger partial charge in [0.1, 0.15) is 0 Å². The van der Waals surface area contributed by atoms with Crippen molar-refractivity contribution < 1.29 is 9.59 Å². The van der Waals surface area contributed by atoms with Crippen molar-refractivity contribution in [3.8, 4) is 0 Å². The molecule has 0 spiro atoms. The summed E-state index contributed by atoms with van der Waals surface area (Å²) < 4.78 is 1.94. The van der Waals surface area contributed by atoms with Crippen molar-refractivity contribution in [2.75, 3.05) is 26.6 Å². The molecule has 0 atom stereocenters. The summed E-state index contributed by atoms with van der Waals surface area (Å²) in [5, 5.41) is 0. The molecular formula is C22H22N2O2S4. The number of carbonyl (C=O) groups is 2. The molecule has 2 aromatic rings. The first kappa shape index (κ1) is 22.9. The van der Waals surface area contributed by atoms with Gasteiger partial charge in [-0.3, -0.25) is 9.59 Å². The predicted molar refractivity (Wildman–Crippen MR) is 134 cm³/mol. The van der Waals surface area contributed by atoms with Crippen LogP contribution in [-0.2, 0) is 9.59 Å². The lowest BCUT2D eigenvalue weighted by atomic mass is 10.1. The number of hydrogen-bond donors (Lipinski definition) is 0. The molecule has 8 heteroatoms. The fourth-order valence-electron chi connectivity index (χ4n) is 2.99. The Morgan fingerprint density at radius 2 is 0.967 bits per heavy atom. The van der Waals surface area contributed by atoms with Crippen molar-refractivity contribution in [3.63, 3.8) is 0 Å². The van der Waals surface area contributed by atoms with E-state index in [0.717, 1.165) is 31.0 Å². The van der Waals surface area contributed by atoms with E-state index in [2.05, 4.69) is 0 Å². The Balaban J connectivity index is 2.20. The molecule has 1 aliphatic heterocycles. The topological polar surface area (TPSA) is 40.6 Å². The van der Waals surface area contributed by atoms with Crippen LogP contribution in [0.25, 0.3) is 11.4 Å². The zero-order valence-corrected chi connectivity index (χ0v) is 20.4. The number of benzene rings is 2. The Morgan fingerprint density at radius 3 is 1.27 bits per heavy atom. The molecule has 0 fully saturated rings. The van der Waals surface area contributed by atoms with Crippen LogP contribution < -0.4 is 0 Å². The second-order valence-electron chi connectivity index (χ2n) is 6.31. The minimum absolute atomic E-state index is 0.565. The first-order valence-corrected chi connectivity index (χ1v) is 13.7. The Kier molecular flexibility index (Phi) is 8.05. The van der Waals surface area contributed by atoms with Crippen molar-refractivity contribution >= 4 is 68.3 Å². The lowest BCUT2D eigenvalue weighted by Gasteiger charge is -2.29. The smallest absolute Gasteiger partial charge is 0.305 e. The minimum Gasteiger partial charge on any atom is -0.305 e. The van der Waals surface area contributed by atoms with Crippen LogP contribution in [0.15, 0.2) is 69.1 Å². The standard InChI is InChI=1S/C22H22N2O2S4/c1-23-17(15-11-7-5-8-12-15)21(27-3)29-30-22(28-4)18(16-13-9-6-10-14-16)24(2)20(26)19(23)25/h5-14H,1-4H3/b21-17-,22-18-. The van der Waals surface area contributed by atoms with Crippen LogP contribution >= 0.6 is 45.1 Å². The lowest BCUT2D eigenvalue weighted by molar-refractivity contribution is -0.146. The second kappa shape index (κ2) is 10.5. The monoisotopic (exact) mass is 474 g/mol. The van der Waals surface area contributed by atoms with Gasteiger partial charge in [-0.15, -0.1) is 23.5 Å². The van der Waals surface area contributed by atoms with E-state index in [1.54, 1.807) is 59.2 Å². The molecule has 0 aliphatic carbocycles. The van der Waals surface area contributed by atoms with Crippen LogP contribution in [-0.4, -0.2) is 48.2 Å². The number of thioether (sulfide) groups is 2. The van der Waals surface area contributed by atoms with E-state index in [1.807, 2.05) is 73.2 Å². The Labute approximate surface area is 193 Å². The zero-order valence-electron chi connectivity index (χ0n) is 17.1. The second-order valence-corrected chi connectivity index (χ2v) is 10.6. The number of amides is 2. The molecule has 0 aromatic heterocycles. The molecule has 3 rings (SSSR count). The van der Waals surface area contributed by atoms with Crippen LogP contribution in [0.4, 0.5) is 0 Å². The normalized spacial score (nSPS) is 21.2. The van der Waals surface area contributed by atoms with Crippen molar-refractivity contribution in [3.05, 3.63) is 80.3 Å². The maximum Gasteiger partial charge on any atom is 0.316 e. The Hall–Kier alpha value is -1.74. The summed E-state index contributed by atoms with van der Waals surface area (Å²) >= 11 is 3.15. The highest BCUT2D eigenvalue weighted by atomic mass is 33.1. The molecule has 4 nitrogen and oxygen atoms in total. The highest BCUT2D eigenvalue weighted by molar-refractivity contribution is 8.83. The van der Waals surface area contributed by atoms with Gasteiger partial charge in [-0.25, -0.2) is 0 Å². The average Bonchev–Trinajstić information content (AvgIpc) is 2.79. The third-order valence-electron chi connectivity index (χ3n) is 4.51. The third kappa shape index (κ3) is 4.77. The summed E-state index contributed by atoms with van der Waals surface area (Å²) in [5.41, 5.74) is 3.30. The van der Waals surface area contributed by atoms with E-state index < -0.39 is 11.8 Å². The average molecular weight is 475 g/mol. The van der Waals surface area contributed by atoms with Gasteiger partial charge >= 0.3 is 11.8 Å². The Bertz CT molecular complexity index is 909. The van der Waals surface area contributed by atoms with Crippen LogP contribution in [0.5, 0.6) is 0 Å². The van der Waals surface area contributed by atoms with E-state index in [-0.39, 0.29) is 0 Å². The molecule has 2 amide bonds. The quantitative estimate of drug-likeness (QED) is 0.420. The molecule has 0 unspecified atom stereocenters. The molecule has 1 heterocycles. The summed E-state index contributed by atoms with van der Waals surface area (Å²) in [5.74, 6) is -1.13. The summed E-state index contributed by atoms with van der Waals surface area (Å²) in [6.45, 7) is 0. The molecule has 0 N–H and O–H groups in total. The van der Waals surface area contributed by atoms with Crippen LogP contribution in [0.3, 0.4) is 0 Å². The summed E-state index contributed by atoms with van der Waals surface area (Å²) in [6, 6.07) is 19.4. The van der Waals surface area contributed by atoms with Gasteiger partial charge in [0, 0.05) is 14.1 Å². The molecule has 0 saturated carbocycles. The molecule has 1 aliphatic rings. The van der Waals surface area contributed by atoms with Gasteiger partial charge in [0.2, 0.25) is 0 Å². The Morgan fingerprint density at radius 1 is 0.633 bits per heavy atom. The van der Waals surface area contributed by atoms with Crippen LogP contribution in [0.1, 0.15) is 11.1 Å². The number of likely N-dealkylation sites (N-methyl/N-ethyl adjacent to an activating group) is 2. The van der Waals surface area contributed by atoms with Crippen molar-refractivity contribution in [2.24, 2.45) is 0 Å². The molecule has 156 valence electrons. The van der Waals surface area contributed by atoms with E-state index in [4.69, 9.17) is 0 Å². The number of hydrogen-bond acceptors (Lipinski definition) is 6. The van der Waals surface area contributed by atoms with E-state index in [1.165, 1.54) is 9.80 Å². The number of rotatable bonds is 4. The number of carbonyl (C=O) groups excluding carboxylic acids is 2. The minimum atomic E-state index is -0.565. The highest BCUT2D eigenvalue weighted by Crippen LogP contribution is 2.50. The predicted octanol–water partition coefficient (Wildman–Crippen LogP) is 5.68. The zero-order chi connectivity index (χ0) is 21.7. The van der Waals surface area contributed by atoms with Gasteiger partial charge < -0.3 is 9.80 Å². The maximum absolute atomic E-state index is 13.2. The van der Waals surface area contributed by atoms with Crippen LogP contribution in [0.2, 0.25) is 0 Å². The first-order chi connectivity index (χ1) is 14.5. The molecule has 0 radical (unpaired) electrons. The first-order valence-electron chi connectivity index (χ1n) is 9.07. The molecular weight excluding hydrogens is 453 g/mol. The fourth-order valence-corrected chi connectivity index (χ4v) is 8.02. The molecule has 0 saturated heterocycles. The van der Waals surface area contributed by atoms with Crippen LogP contribution in [0, 0.1) is 0 Å². The van der Waals surface area contributed by atoms with E-state index >= 15 is 0 Å².